The molecule has 1 amide bonds. The Bertz CT molecular complexity index is 1010. The lowest BCUT2D eigenvalue weighted by molar-refractivity contribution is -0.115. The van der Waals surface area contributed by atoms with Crippen LogP contribution in [0.25, 0.3) is 15.7 Å². The highest BCUT2D eigenvalue weighted by Gasteiger charge is 2.12. The van der Waals surface area contributed by atoms with Gasteiger partial charge in [-0.15, -0.1) is 16.4 Å². The van der Waals surface area contributed by atoms with Crippen molar-refractivity contribution in [2.45, 2.75) is 13.3 Å². The predicted octanol–water partition coefficient (Wildman–Crippen LogP) is 3.43. The second-order valence-electron chi connectivity index (χ2n) is 5.37. The van der Waals surface area contributed by atoms with Crippen LogP contribution in [-0.2, 0) is 11.2 Å². The number of fused-ring (bicyclic) bond motifs is 2. The molecule has 0 spiro atoms. The minimum absolute atomic E-state index is 0.114. The summed E-state index contributed by atoms with van der Waals surface area (Å²) < 4.78 is 1.73. The van der Waals surface area contributed by atoms with Crippen LogP contribution < -0.4 is 5.32 Å². The normalized spacial score (nSPS) is 11.2. The van der Waals surface area contributed by atoms with E-state index in [-0.39, 0.29) is 5.91 Å². The fourth-order valence-electron chi connectivity index (χ4n) is 2.63. The van der Waals surface area contributed by atoms with Crippen molar-refractivity contribution in [3.8, 4) is 0 Å². The molecule has 0 aliphatic rings. The Labute approximate surface area is 136 Å². The van der Waals surface area contributed by atoms with E-state index in [1.165, 1.54) is 11.3 Å². The van der Waals surface area contributed by atoms with E-state index in [4.69, 9.17) is 0 Å². The summed E-state index contributed by atoms with van der Waals surface area (Å²) in [6, 6.07) is 14.1. The van der Waals surface area contributed by atoms with Crippen molar-refractivity contribution in [3.63, 3.8) is 0 Å². The number of rotatable bonds is 3. The molecule has 23 heavy (non-hydrogen) atoms. The van der Waals surface area contributed by atoms with Gasteiger partial charge in [0.05, 0.1) is 12.1 Å². The fourth-order valence-corrected chi connectivity index (χ4v) is 3.43. The maximum absolute atomic E-state index is 12.3. The molecule has 0 aliphatic carbocycles. The number of aryl methyl sites for hydroxylation is 1. The summed E-state index contributed by atoms with van der Waals surface area (Å²) in [4.78, 5) is 17.4. The van der Waals surface area contributed by atoms with Gasteiger partial charge in [-0.25, -0.2) is 4.52 Å². The van der Waals surface area contributed by atoms with Crippen LogP contribution in [0.3, 0.4) is 0 Å². The largest absolute Gasteiger partial charge is 0.293 e. The van der Waals surface area contributed by atoms with E-state index in [2.05, 4.69) is 15.4 Å². The Morgan fingerprint density at radius 1 is 1.22 bits per heavy atom. The van der Waals surface area contributed by atoms with E-state index in [0.717, 1.165) is 27.0 Å². The van der Waals surface area contributed by atoms with Gasteiger partial charge in [0.1, 0.15) is 0 Å². The molecule has 5 nitrogen and oxygen atoms in total. The van der Waals surface area contributed by atoms with Gasteiger partial charge >= 0.3 is 0 Å². The van der Waals surface area contributed by atoms with Crippen LogP contribution in [0, 0.1) is 6.92 Å². The van der Waals surface area contributed by atoms with Crippen molar-refractivity contribution >= 4 is 38.9 Å². The van der Waals surface area contributed by atoms with E-state index >= 15 is 0 Å². The number of amides is 1. The number of thiazole rings is 1. The number of nitrogens with one attached hydrogen (secondary N) is 1. The van der Waals surface area contributed by atoms with Crippen molar-refractivity contribution in [3.05, 3.63) is 59.1 Å². The Kier molecular flexibility index (Phi) is 3.31. The molecule has 0 atom stereocenters. The highest BCUT2D eigenvalue weighted by atomic mass is 32.1. The topological polar surface area (TPSA) is 59.3 Å². The molecule has 114 valence electrons. The van der Waals surface area contributed by atoms with Crippen LogP contribution in [0.15, 0.2) is 47.8 Å². The molecule has 6 heteroatoms. The molecule has 0 saturated carbocycles. The van der Waals surface area contributed by atoms with Crippen LogP contribution >= 0.6 is 11.3 Å². The minimum Gasteiger partial charge on any atom is -0.293 e. The lowest BCUT2D eigenvalue weighted by Gasteiger charge is -2.06. The Balaban J connectivity index is 1.57. The monoisotopic (exact) mass is 322 g/mol. The van der Waals surface area contributed by atoms with E-state index in [9.17, 15) is 4.79 Å². The number of anilines is 1. The molecule has 0 unspecified atom stereocenters. The Hall–Kier alpha value is -2.73. The molecule has 4 rings (SSSR count). The SMILES string of the molecule is Cc1csc2nc(NC(=O)Cc3cccc4ccccc34)nn12. The maximum atomic E-state index is 12.3. The van der Waals surface area contributed by atoms with Crippen LogP contribution in [0.4, 0.5) is 5.95 Å². The number of hydrogen-bond acceptors (Lipinski definition) is 4. The average Bonchev–Trinajstić information content (AvgIpc) is 3.09. The Morgan fingerprint density at radius 2 is 2.04 bits per heavy atom. The first-order chi connectivity index (χ1) is 11.2. The summed E-state index contributed by atoms with van der Waals surface area (Å²) in [7, 11) is 0. The zero-order chi connectivity index (χ0) is 15.8. The molecular weight excluding hydrogens is 308 g/mol. The van der Waals surface area contributed by atoms with Gasteiger partial charge in [-0.3, -0.25) is 10.1 Å². The first kappa shape index (κ1) is 13.9. The number of hydrogen-bond donors (Lipinski definition) is 1. The van der Waals surface area contributed by atoms with Crippen LogP contribution in [-0.4, -0.2) is 20.5 Å². The van der Waals surface area contributed by atoms with Gasteiger partial charge in [0.2, 0.25) is 16.8 Å². The number of aromatic nitrogens is 3. The molecule has 0 fully saturated rings. The van der Waals surface area contributed by atoms with Crippen LogP contribution in [0.2, 0.25) is 0 Å². The van der Waals surface area contributed by atoms with Crippen molar-refractivity contribution in [2.24, 2.45) is 0 Å². The van der Waals surface area contributed by atoms with Gasteiger partial charge in [0.25, 0.3) is 0 Å². The standard InChI is InChI=1S/C17H14N4OS/c1-11-10-23-17-19-16(20-21(11)17)18-15(22)9-13-7-4-6-12-5-2-3-8-14(12)13/h2-8,10H,9H2,1H3,(H,18,20,22). The Morgan fingerprint density at radius 3 is 2.91 bits per heavy atom. The predicted molar refractivity (Wildman–Crippen MR) is 91.9 cm³/mol. The third kappa shape index (κ3) is 2.57. The van der Waals surface area contributed by atoms with Crippen LogP contribution in [0.1, 0.15) is 11.3 Å². The third-order valence-electron chi connectivity index (χ3n) is 3.73. The molecular formula is C17H14N4OS. The van der Waals surface area contributed by atoms with Crippen LogP contribution in [0.5, 0.6) is 0 Å². The smallest absolute Gasteiger partial charge is 0.250 e. The molecule has 0 radical (unpaired) electrons. The lowest BCUT2D eigenvalue weighted by Crippen LogP contribution is -2.15. The summed E-state index contributed by atoms with van der Waals surface area (Å²) in [6.45, 7) is 1.96. The average molecular weight is 322 g/mol. The van der Waals surface area contributed by atoms with Gasteiger partial charge in [-0.1, -0.05) is 42.5 Å². The number of carbonyl (C=O) groups excluding carboxylic acids is 1. The fraction of sp³-hybridized carbons (Fsp3) is 0.118. The first-order valence-corrected chi connectivity index (χ1v) is 8.16. The van der Waals surface area contributed by atoms with Gasteiger partial charge in [0.15, 0.2) is 0 Å². The number of nitrogens with zero attached hydrogens (tertiary/aromatic N) is 3. The van der Waals surface area contributed by atoms with E-state index < -0.39 is 0 Å². The molecule has 0 bridgehead atoms. The maximum Gasteiger partial charge on any atom is 0.250 e. The highest BCUT2D eigenvalue weighted by Crippen LogP contribution is 2.20. The lowest BCUT2D eigenvalue weighted by atomic mass is 10.0. The summed E-state index contributed by atoms with van der Waals surface area (Å²) in [6.07, 6.45) is 0.299. The number of benzene rings is 2. The van der Waals surface area contributed by atoms with Gasteiger partial charge in [-0.2, -0.15) is 4.98 Å². The summed E-state index contributed by atoms with van der Waals surface area (Å²) >= 11 is 1.51. The van der Waals surface area contributed by atoms with E-state index in [1.54, 1.807) is 4.52 Å². The minimum atomic E-state index is -0.114. The summed E-state index contributed by atoms with van der Waals surface area (Å²) in [5.41, 5.74) is 2.00. The zero-order valence-corrected chi connectivity index (χ0v) is 13.3. The van der Waals surface area contributed by atoms with E-state index in [1.807, 2.05) is 54.8 Å². The molecule has 0 aliphatic heterocycles. The quantitative estimate of drug-likeness (QED) is 0.628. The molecule has 1 N–H and O–H groups in total. The molecule has 2 aromatic carbocycles. The molecule has 0 saturated heterocycles. The molecule has 2 aromatic heterocycles. The van der Waals surface area contributed by atoms with Crippen molar-refractivity contribution in [1.82, 2.24) is 14.6 Å². The zero-order valence-electron chi connectivity index (χ0n) is 12.5. The third-order valence-corrected chi connectivity index (χ3v) is 4.66. The van der Waals surface area contributed by atoms with E-state index in [0.29, 0.717) is 12.4 Å². The second kappa shape index (κ2) is 5.48. The molecule has 4 aromatic rings. The first-order valence-electron chi connectivity index (χ1n) is 7.28. The summed E-state index contributed by atoms with van der Waals surface area (Å²) in [5.74, 6) is 0.238. The second-order valence-corrected chi connectivity index (χ2v) is 6.21. The van der Waals surface area contributed by atoms with Gasteiger partial charge in [-0.05, 0) is 23.3 Å². The summed E-state index contributed by atoms with van der Waals surface area (Å²) in [5, 5.41) is 11.3. The van der Waals surface area contributed by atoms with Gasteiger partial charge in [0, 0.05) is 5.38 Å². The van der Waals surface area contributed by atoms with Crippen molar-refractivity contribution < 1.29 is 4.79 Å². The van der Waals surface area contributed by atoms with Crippen molar-refractivity contribution in [2.75, 3.05) is 5.32 Å². The van der Waals surface area contributed by atoms with Crippen molar-refractivity contribution in [1.29, 1.82) is 0 Å². The highest BCUT2D eigenvalue weighted by molar-refractivity contribution is 7.15. The molecule has 2 heterocycles. The van der Waals surface area contributed by atoms with Gasteiger partial charge < -0.3 is 0 Å². The number of carbonyl (C=O) groups is 1.